The minimum Gasteiger partial charge on any atom is -0.390 e. The molecule has 2 unspecified atom stereocenters. The van der Waals surface area contributed by atoms with Gasteiger partial charge in [-0.25, -0.2) is 0 Å². The van der Waals surface area contributed by atoms with Crippen LogP contribution in [0.25, 0.3) is 0 Å². The van der Waals surface area contributed by atoms with E-state index in [2.05, 4.69) is 13.8 Å². The van der Waals surface area contributed by atoms with E-state index in [0.29, 0.717) is 0 Å². The summed E-state index contributed by atoms with van der Waals surface area (Å²) in [5, 5.41) is 10.2. The molecule has 0 aliphatic rings. The molecule has 0 aromatic rings. The van der Waals surface area contributed by atoms with E-state index in [1.54, 1.807) is 0 Å². The number of hydrogen-bond acceptors (Lipinski definition) is 3. The lowest BCUT2D eigenvalue weighted by Gasteiger charge is -2.42. The van der Waals surface area contributed by atoms with Gasteiger partial charge in [0.25, 0.3) is 0 Å². The fourth-order valence-electron chi connectivity index (χ4n) is 5.99. The number of halogens is 17. The van der Waals surface area contributed by atoms with Crippen LogP contribution in [0.3, 0.4) is 0 Å². The van der Waals surface area contributed by atoms with Gasteiger partial charge in [0.15, 0.2) is 0 Å². The van der Waals surface area contributed by atoms with Crippen molar-refractivity contribution in [1.82, 2.24) is 0 Å². The first kappa shape index (κ1) is 56.1. The Labute approximate surface area is 329 Å². The molecule has 0 aromatic carbocycles. The predicted octanol–water partition coefficient (Wildman–Crippen LogP) is 15.0. The van der Waals surface area contributed by atoms with Crippen molar-refractivity contribution in [1.29, 1.82) is 0 Å². The first-order chi connectivity index (χ1) is 26.1. The average Bonchev–Trinajstić information content (AvgIpc) is 3.10. The van der Waals surface area contributed by atoms with Gasteiger partial charge in [-0.05, 0) is 24.5 Å². The number of thioether (sulfide) groups is 1. The Morgan fingerprint density at radius 1 is 0.439 bits per heavy atom. The summed E-state index contributed by atoms with van der Waals surface area (Å²) < 4.78 is 235. The third-order valence-electron chi connectivity index (χ3n) is 9.75. The van der Waals surface area contributed by atoms with Crippen LogP contribution >= 0.6 is 11.8 Å². The van der Waals surface area contributed by atoms with Gasteiger partial charge in [-0.3, -0.25) is 0 Å². The second kappa shape index (κ2) is 25.1. The van der Waals surface area contributed by atoms with Crippen LogP contribution in [0.1, 0.15) is 149 Å². The maximum Gasteiger partial charge on any atom is 0.460 e. The van der Waals surface area contributed by atoms with E-state index in [1.807, 2.05) is 0 Å². The van der Waals surface area contributed by atoms with E-state index in [9.17, 15) is 79.7 Å². The number of aliphatic hydroxyl groups excluding tert-OH is 1. The lowest BCUT2D eigenvalue weighted by Crippen LogP contribution is -2.74. The summed E-state index contributed by atoms with van der Waals surface area (Å²) >= 11 is 0.184. The number of hydrogen-bond donors (Lipinski definition) is 1. The van der Waals surface area contributed by atoms with Crippen LogP contribution in [-0.4, -0.2) is 83.6 Å². The molecule has 0 radical (unpaired) electrons. The third-order valence-corrected chi connectivity index (χ3v) is 10.9. The van der Waals surface area contributed by atoms with Gasteiger partial charge in [-0.1, -0.05) is 129 Å². The molecular formula is C37H59F17O2S. The van der Waals surface area contributed by atoms with E-state index in [0.717, 1.165) is 77.0 Å². The van der Waals surface area contributed by atoms with Crippen molar-refractivity contribution in [2.75, 3.05) is 24.7 Å². The van der Waals surface area contributed by atoms with E-state index in [-0.39, 0.29) is 30.9 Å². The highest BCUT2D eigenvalue weighted by Gasteiger charge is 2.95. The number of unbranched alkanes of at least 4 members (excludes halogenated alkanes) is 16. The maximum atomic E-state index is 14.2. The molecule has 0 aliphatic carbocycles. The van der Waals surface area contributed by atoms with E-state index in [4.69, 9.17) is 4.74 Å². The Balaban J connectivity index is 5.17. The Hall–Kier alpha value is -0.920. The molecule has 0 aliphatic heterocycles. The second-order valence-corrected chi connectivity index (χ2v) is 15.9. The molecule has 0 saturated heterocycles. The molecule has 0 rings (SSSR count). The SMILES string of the molecule is CCCCCCCCCCCCC(CCCCCCCCCC)COCC(O)CSCCC(F)(F)C(F)(F)C(F)(F)C(F)(F)C(F)(F)C(F)(F)C(F)(F)C(F)(F)F. The zero-order valence-corrected chi connectivity index (χ0v) is 33.3. The van der Waals surface area contributed by atoms with Gasteiger partial charge in [0, 0.05) is 18.8 Å². The lowest BCUT2D eigenvalue weighted by molar-refractivity contribution is -0.461. The summed E-state index contributed by atoms with van der Waals surface area (Å²) in [7, 11) is 0. The van der Waals surface area contributed by atoms with Gasteiger partial charge >= 0.3 is 47.6 Å². The van der Waals surface area contributed by atoms with Crippen LogP contribution in [0, 0.1) is 5.92 Å². The van der Waals surface area contributed by atoms with Crippen molar-refractivity contribution < 1.29 is 84.5 Å². The standard InChI is InChI=1S/C37H59F17O2S/c1-3-5-7-9-11-13-14-16-18-20-22-28(21-19-17-15-12-10-8-6-4-2)25-56-26-29(55)27-57-24-23-30(38,39)31(40,41)32(42,43)33(44,45)34(46,47)35(48,49)36(50,51)37(52,53)54/h28-29,55H,3-27H2,1-2H3. The highest BCUT2D eigenvalue weighted by Crippen LogP contribution is 2.64. The number of rotatable bonds is 35. The number of alkyl halides is 17. The average molecular weight is 891 g/mol. The van der Waals surface area contributed by atoms with Gasteiger partial charge < -0.3 is 9.84 Å². The minimum absolute atomic E-state index is 0.131. The largest absolute Gasteiger partial charge is 0.460 e. The van der Waals surface area contributed by atoms with Crippen molar-refractivity contribution in [3.8, 4) is 0 Å². The monoisotopic (exact) mass is 890 g/mol. The van der Waals surface area contributed by atoms with E-state index in [1.165, 1.54) is 51.4 Å². The van der Waals surface area contributed by atoms with Gasteiger partial charge in [0.2, 0.25) is 0 Å². The molecule has 2 nitrogen and oxygen atoms in total. The second-order valence-electron chi connectivity index (χ2n) is 14.8. The fourth-order valence-corrected chi connectivity index (χ4v) is 6.93. The molecule has 57 heavy (non-hydrogen) atoms. The van der Waals surface area contributed by atoms with Crippen molar-refractivity contribution in [2.24, 2.45) is 5.92 Å². The van der Waals surface area contributed by atoms with Crippen LogP contribution in [0.2, 0.25) is 0 Å². The molecular weight excluding hydrogens is 831 g/mol. The Morgan fingerprint density at radius 2 is 0.772 bits per heavy atom. The van der Waals surface area contributed by atoms with Crippen LogP contribution in [-0.2, 0) is 4.74 Å². The fraction of sp³-hybridized carbons (Fsp3) is 1.00. The molecule has 0 amide bonds. The normalized spacial score (nSPS) is 15.4. The Kier molecular flexibility index (Phi) is 24.7. The highest BCUT2D eigenvalue weighted by atomic mass is 32.2. The third kappa shape index (κ3) is 16.1. The topological polar surface area (TPSA) is 29.5 Å². The summed E-state index contributed by atoms with van der Waals surface area (Å²) in [4.78, 5) is 0. The smallest absolute Gasteiger partial charge is 0.390 e. The molecule has 0 saturated carbocycles. The summed E-state index contributed by atoms with van der Waals surface area (Å²) in [6.45, 7) is 4.14. The summed E-state index contributed by atoms with van der Waals surface area (Å²) in [6, 6.07) is 0. The zero-order chi connectivity index (χ0) is 44.2. The van der Waals surface area contributed by atoms with E-state index < -0.39 is 71.7 Å². The van der Waals surface area contributed by atoms with Crippen LogP contribution < -0.4 is 0 Å². The number of aliphatic hydroxyl groups is 1. The summed E-state index contributed by atoms with van der Waals surface area (Å²) in [5.41, 5.74) is 0. The van der Waals surface area contributed by atoms with Crippen molar-refractivity contribution in [3.63, 3.8) is 0 Å². The van der Waals surface area contributed by atoms with Crippen molar-refractivity contribution >= 4 is 11.8 Å². The van der Waals surface area contributed by atoms with Gasteiger partial charge in [-0.15, -0.1) is 0 Å². The molecule has 0 fully saturated rings. The molecule has 0 aromatic heterocycles. The van der Waals surface area contributed by atoms with Gasteiger partial charge in [-0.2, -0.15) is 86.4 Å². The van der Waals surface area contributed by atoms with Gasteiger partial charge in [0.1, 0.15) is 0 Å². The van der Waals surface area contributed by atoms with Crippen LogP contribution in [0.5, 0.6) is 0 Å². The molecule has 20 heteroatoms. The highest BCUT2D eigenvalue weighted by molar-refractivity contribution is 7.99. The minimum atomic E-state index is -8.64. The molecule has 344 valence electrons. The Morgan fingerprint density at radius 3 is 1.14 bits per heavy atom. The molecule has 2 atom stereocenters. The van der Waals surface area contributed by atoms with Gasteiger partial charge in [0.05, 0.1) is 12.7 Å². The van der Waals surface area contributed by atoms with Crippen molar-refractivity contribution in [2.45, 2.75) is 202 Å². The summed E-state index contributed by atoms with van der Waals surface area (Å²) in [6.07, 6.45) is 10.2. The summed E-state index contributed by atoms with van der Waals surface area (Å²) in [5.74, 6) is -58.1. The Bertz CT molecular complexity index is 1060. The first-order valence-corrected chi connectivity index (χ1v) is 20.8. The van der Waals surface area contributed by atoms with E-state index >= 15 is 0 Å². The molecule has 1 N–H and O–H groups in total. The van der Waals surface area contributed by atoms with Crippen LogP contribution in [0.15, 0.2) is 0 Å². The molecule has 0 spiro atoms. The molecule has 0 bridgehead atoms. The van der Waals surface area contributed by atoms with Crippen molar-refractivity contribution in [3.05, 3.63) is 0 Å². The zero-order valence-electron chi connectivity index (χ0n) is 32.5. The number of ether oxygens (including phenoxy) is 1. The molecule has 0 heterocycles. The lowest BCUT2D eigenvalue weighted by atomic mass is 9.88. The first-order valence-electron chi connectivity index (χ1n) is 19.7. The quantitative estimate of drug-likeness (QED) is 0.0508. The predicted molar refractivity (Wildman–Crippen MR) is 187 cm³/mol. The van der Waals surface area contributed by atoms with Crippen LogP contribution in [0.4, 0.5) is 74.6 Å². The maximum absolute atomic E-state index is 14.2.